The van der Waals surface area contributed by atoms with Gasteiger partial charge in [0, 0.05) is 11.6 Å². The number of hydrogen-bond acceptors (Lipinski definition) is 5. The first kappa shape index (κ1) is 15.9. The maximum Gasteiger partial charge on any atom is 0.232 e. The van der Waals surface area contributed by atoms with Crippen LogP contribution in [0, 0.1) is 0 Å². The molecule has 0 spiro atoms. The zero-order valence-corrected chi connectivity index (χ0v) is 14.0. The summed E-state index contributed by atoms with van der Waals surface area (Å²) in [6.07, 6.45) is 6.89. The second-order valence-electron chi connectivity index (χ2n) is 6.22. The van der Waals surface area contributed by atoms with Crippen molar-refractivity contribution in [1.29, 1.82) is 0 Å². The van der Waals surface area contributed by atoms with Gasteiger partial charge in [-0.15, -0.1) is 5.10 Å². The quantitative estimate of drug-likeness (QED) is 0.747. The highest BCUT2D eigenvalue weighted by atomic mass is 16.5. The van der Waals surface area contributed by atoms with Crippen molar-refractivity contribution >= 4 is 5.65 Å². The summed E-state index contributed by atoms with van der Waals surface area (Å²) < 4.78 is 13.1. The Kier molecular flexibility index (Phi) is 4.52. The van der Waals surface area contributed by atoms with E-state index < -0.39 is 0 Å². The first-order chi connectivity index (χ1) is 12.3. The molecule has 1 aromatic carbocycles. The highest BCUT2D eigenvalue weighted by Gasteiger charge is 2.17. The minimum absolute atomic E-state index is 0.00508. The molecular weight excluding hydrogens is 318 g/mol. The van der Waals surface area contributed by atoms with E-state index >= 15 is 0 Å². The molecule has 1 N–H and O–H groups in total. The molecule has 2 heterocycles. The van der Waals surface area contributed by atoms with Gasteiger partial charge < -0.3 is 14.6 Å². The molecule has 130 valence electrons. The van der Waals surface area contributed by atoms with Gasteiger partial charge in [0.05, 0.1) is 18.5 Å². The van der Waals surface area contributed by atoms with Crippen molar-refractivity contribution in [1.82, 2.24) is 14.6 Å². The van der Waals surface area contributed by atoms with E-state index in [0.29, 0.717) is 18.6 Å². The van der Waals surface area contributed by atoms with Crippen LogP contribution in [-0.4, -0.2) is 39.0 Å². The number of benzene rings is 1. The molecule has 0 unspecified atom stereocenters. The predicted molar refractivity (Wildman–Crippen MR) is 93.9 cm³/mol. The third-order valence-corrected chi connectivity index (χ3v) is 4.40. The summed E-state index contributed by atoms with van der Waals surface area (Å²) in [4.78, 5) is 4.61. The van der Waals surface area contributed by atoms with Gasteiger partial charge in [-0.25, -0.2) is 9.50 Å². The molecule has 1 saturated carbocycles. The summed E-state index contributed by atoms with van der Waals surface area (Å²) in [5, 5.41) is 13.3. The molecule has 3 aromatic rings. The molecule has 0 radical (unpaired) electrons. The molecule has 0 aliphatic heterocycles. The summed E-state index contributed by atoms with van der Waals surface area (Å²) in [6.45, 7) is 0.298. The Morgan fingerprint density at radius 2 is 1.88 bits per heavy atom. The van der Waals surface area contributed by atoms with E-state index in [9.17, 15) is 0 Å². The van der Waals surface area contributed by atoms with Crippen LogP contribution in [-0.2, 0) is 0 Å². The minimum atomic E-state index is 0.00508. The molecule has 25 heavy (non-hydrogen) atoms. The minimum Gasteiger partial charge on any atom is -0.491 e. The molecule has 1 aliphatic rings. The van der Waals surface area contributed by atoms with Gasteiger partial charge in [0.15, 0.2) is 5.65 Å². The smallest absolute Gasteiger partial charge is 0.232 e. The zero-order valence-electron chi connectivity index (χ0n) is 14.0. The molecule has 0 saturated heterocycles. The van der Waals surface area contributed by atoms with E-state index in [1.165, 1.54) is 12.8 Å². The Morgan fingerprint density at radius 3 is 2.64 bits per heavy atom. The van der Waals surface area contributed by atoms with Gasteiger partial charge in [0.2, 0.25) is 5.88 Å². The average molecular weight is 339 g/mol. The van der Waals surface area contributed by atoms with E-state index in [1.54, 1.807) is 4.52 Å². The topological polar surface area (TPSA) is 68.9 Å². The van der Waals surface area contributed by atoms with Gasteiger partial charge in [-0.3, -0.25) is 0 Å². The van der Waals surface area contributed by atoms with Gasteiger partial charge in [-0.2, -0.15) is 0 Å². The predicted octanol–water partition coefficient (Wildman–Crippen LogP) is 3.09. The van der Waals surface area contributed by atoms with Crippen molar-refractivity contribution in [2.24, 2.45) is 0 Å². The van der Waals surface area contributed by atoms with Crippen LogP contribution in [0.5, 0.6) is 11.6 Å². The van der Waals surface area contributed by atoms with Crippen LogP contribution in [0.25, 0.3) is 16.9 Å². The van der Waals surface area contributed by atoms with Crippen molar-refractivity contribution < 1.29 is 14.6 Å². The van der Waals surface area contributed by atoms with Crippen LogP contribution in [0.1, 0.15) is 25.7 Å². The lowest BCUT2D eigenvalue weighted by molar-refractivity contribution is 0.198. The second-order valence-corrected chi connectivity index (χ2v) is 6.22. The second kappa shape index (κ2) is 7.11. The Morgan fingerprint density at radius 1 is 1.08 bits per heavy atom. The van der Waals surface area contributed by atoms with Gasteiger partial charge in [-0.1, -0.05) is 0 Å². The number of rotatable bonds is 6. The van der Waals surface area contributed by atoms with Crippen LogP contribution in [0.4, 0.5) is 0 Å². The van der Waals surface area contributed by atoms with Crippen molar-refractivity contribution in [2.75, 3.05) is 13.2 Å². The normalized spacial score (nSPS) is 14.9. The van der Waals surface area contributed by atoms with Crippen molar-refractivity contribution in [3.05, 3.63) is 42.6 Å². The van der Waals surface area contributed by atoms with Crippen LogP contribution >= 0.6 is 0 Å². The molecule has 6 heteroatoms. The third kappa shape index (κ3) is 3.58. The van der Waals surface area contributed by atoms with Gasteiger partial charge in [0.1, 0.15) is 18.5 Å². The van der Waals surface area contributed by atoms with Crippen molar-refractivity contribution in [2.45, 2.75) is 31.8 Å². The average Bonchev–Trinajstić information content (AvgIpc) is 3.29. The standard InChI is InChI=1S/C19H21N3O3/c23-11-12-24-15-7-5-14(6-8-15)17-13-22-18(20-17)9-10-19(21-22)25-16-3-1-2-4-16/h5-10,13,16,23H,1-4,11-12H2. The van der Waals surface area contributed by atoms with Crippen LogP contribution in [0.15, 0.2) is 42.6 Å². The first-order valence-corrected chi connectivity index (χ1v) is 8.69. The lowest BCUT2D eigenvalue weighted by Crippen LogP contribution is -2.12. The Balaban J connectivity index is 1.53. The fourth-order valence-electron chi connectivity index (χ4n) is 3.13. The highest BCUT2D eigenvalue weighted by Crippen LogP contribution is 2.25. The maximum atomic E-state index is 8.80. The Hall–Kier alpha value is -2.60. The van der Waals surface area contributed by atoms with Gasteiger partial charge >= 0.3 is 0 Å². The number of fused-ring (bicyclic) bond motifs is 1. The maximum absolute atomic E-state index is 8.80. The summed E-state index contributed by atoms with van der Waals surface area (Å²) in [7, 11) is 0. The van der Waals surface area contributed by atoms with Crippen molar-refractivity contribution in [3.8, 4) is 22.9 Å². The number of aliphatic hydroxyl groups excluding tert-OH is 1. The fourth-order valence-corrected chi connectivity index (χ4v) is 3.13. The van der Waals surface area contributed by atoms with Crippen LogP contribution in [0.3, 0.4) is 0 Å². The fraction of sp³-hybridized carbons (Fsp3) is 0.368. The summed E-state index contributed by atoms with van der Waals surface area (Å²) in [5.41, 5.74) is 2.62. The molecule has 0 amide bonds. The zero-order chi connectivity index (χ0) is 17.1. The number of hydrogen-bond donors (Lipinski definition) is 1. The van der Waals surface area contributed by atoms with Crippen LogP contribution in [0.2, 0.25) is 0 Å². The highest BCUT2D eigenvalue weighted by molar-refractivity contribution is 5.63. The number of aliphatic hydroxyl groups is 1. The van der Waals surface area contributed by atoms with Gasteiger partial charge in [-0.05, 0) is 56.0 Å². The van der Waals surface area contributed by atoms with Crippen LogP contribution < -0.4 is 9.47 Å². The third-order valence-electron chi connectivity index (χ3n) is 4.40. The SMILES string of the molecule is OCCOc1ccc(-c2cn3nc(OC4CCCC4)ccc3n2)cc1. The van der Waals surface area contributed by atoms with E-state index in [-0.39, 0.29) is 6.61 Å². The van der Waals surface area contributed by atoms with E-state index in [1.807, 2.05) is 42.6 Å². The molecular formula is C19H21N3O3. The van der Waals surface area contributed by atoms with E-state index in [2.05, 4.69) is 10.1 Å². The molecule has 0 atom stereocenters. The number of imidazole rings is 1. The summed E-state index contributed by atoms with van der Waals surface area (Å²) in [5.74, 6) is 1.38. The number of nitrogens with zero attached hydrogens (tertiary/aromatic N) is 3. The van der Waals surface area contributed by atoms with E-state index in [4.69, 9.17) is 14.6 Å². The van der Waals surface area contributed by atoms with E-state index in [0.717, 1.165) is 35.5 Å². The Labute approximate surface area is 146 Å². The lowest BCUT2D eigenvalue weighted by atomic mass is 10.2. The Bertz CT molecular complexity index is 839. The van der Waals surface area contributed by atoms with Gasteiger partial charge in [0.25, 0.3) is 0 Å². The first-order valence-electron chi connectivity index (χ1n) is 8.69. The monoisotopic (exact) mass is 339 g/mol. The molecule has 4 rings (SSSR count). The lowest BCUT2D eigenvalue weighted by Gasteiger charge is -2.11. The molecule has 2 aromatic heterocycles. The number of ether oxygens (including phenoxy) is 2. The molecule has 0 bridgehead atoms. The molecule has 1 aliphatic carbocycles. The number of aromatic nitrogens is 3. The van der Waals surface area contributed by atoms with Crippen molar-refractivity contribution in [3.63, 3.8) is 0 Å². The molecule has 6 nitrogen and oxygen atoms in total. The molecule has 1 fully saturated rings. The summed E-state index contributed by atoms with van der Waals surface area (Å²) in [6, 6.07) is 11.5. The largest absolute Gasteiger partial charge is 0.491 e. The summed E-state index contributed by atoms with van der Waals surface area (Å²) >= 11 is 0.